The van der Waals surface area contributed by atoms with Gasteiger partial charge in [0.1, 0.15) is 11.4 Å². The van der Waals surface area contributed by atoms with Crippen molar-refractivity contribution >= 4 is 127 Å². The number of carbonyl (C=O) groups excluding carboxylic acids is 6. The highest BCUT2D eigenvalue weighted by Gasteiger charge is 2.27. The van der Waals surface area contributed by atoms with E-state index in [1.165, 1.54) is 54.6 Å². The smallest absolute Gasteiger partial charge is 0.258 e. The van der Waals surface area contributed by atoms with Crippen molar-refractivity contribution in [2.75, 3.05) is 33.0 Å². The number of hydrogen-bond acceptors (Lipinski definition) is 10. The summed E-state index contributed by atoms with van der Waals surface area (Å²) in [6, 6.07) is 24.2. The van der Waals surface area contributed by atoms with E-state index in [-0.39, 0.29) is 43.9 Å². The van der Waals surface area contributed by atoms with Crippen LogP contribution in [0.15, 0.2) is 124 Å². The second-order valence-corrected chi connectivity index (χ2v) is 16.5. The minimum absolute atomic E-state index is 0.0333. The summed E-state index contributed by atoms with van der Waals surface area (Å²) in [4.78, 5) is 78.6. The fourth-order valence-corrected chi connectivity index (χ4v) is 7.04. The number of amides is 4. The zero-order valence-electron chi connectivity index (χ0n) is 35.0. The number of halogens is 5. The Morgan fingerprint density at radius 2 is 1.00 bits per heavy atom. The number of rotatable bonds is 19. The number of para-hydroxylation sites is 2. The van der Waals surface area contributed by atoms with Crippen molar-refractivity contribution in [3.8, 4) is 0 Å². The highest BCUT2D eigenvalue weighted by molar-refractivity contribution is 6.33. The van der Waals surface area contributed by atoms with Gasteiger partial charge in [-0.25, -0.2) is 0 Å². The molecule has 14 nitrogen and oxygen atoms in total. The zero-order chi connectivity index (χ0) is 47.2. The fraction of sp³-hybridized carbons (Fsp3) is 0.217. The van der Waals surface area contributed by atoms with Crippen molar-refractivity contribution in [1.82, 2.24) is 0 Å². The number of nitrogens with zero attached hydrogens (tertiary/aromatic N) is 4. The molecule has 5 aromatic carbocycles. The molecule has 0 aliphatic carbocycles. The van der Waals surface area contributed by atoms with Gasteiger partial charge < -0.3 is 21.3 Å². The molecule has 0 saturated carbocycles. The molecule has 0 radical (unpaired) electrons. The van der Waals surface area contributed by atoms with Gasteiger partial charge in [0.05, 0.1) is 15.4 Å². The van der Waals surface area contributed by atoms with Crippen LogP contribution in [0, 0.1) is 0 Å². The molecule has 5 aromatic rings. The number of azo groups is 2. The van der Waals surface area contributed by atoms with E-state index in [0.29, 0.717) is 41.5 Å². The van der Waals surface area contributed by atoms with Gasteiger partial charge in [0.25, 0.3) is 23.6 Å². The third-order valence-corrected chi connectivity index (χ3v) is 10.8. The summed E-state index contributed by atoms with van der Waals surface area (Å²) in [5.41, 5.74) is 4.03. The topological polar surface area (TPSA) is 200 Å². The van der Waals surface area contributed by atoms with Crippen LogP contribution in [-0.4, -0.2) is 59.0 Å². The van der Waals surface area contributed by atoms with Crippen LogP contribution in [0.25, 0.3) is 0 Å². The van der Waals surface area contributed by atoms with Crippen molar-refractivity contribution in [2.24, 2.45) is 20.5 Å². The lowest BCUT2D eigenvalue weighted by Gasteiger charge is -2.17. The molecular formula is C46H41Cl5N8O6. The molecule has 0 bridgehead atoms. The summed E-state index contributed by atoms with van der Waals surface area (Å²) >= 11 is 31.1. The number of hydrogen-bond donors (Lipinski definition) is 4. The molecule has 3 atom stereocenters. The van der Waals surface area contributed by atoms with E-state index >= 15 is 0 Å². The molecule has 0 spiro atoms. The molecule has 0 aliphatic heterocycles. The lowest BCUT2D eigenvalue weighted by Crippen LogP contribution is -2.32. The Kier molecular flexibility index (Phi) is 18.3. The van der Waals surface area contributed by atoms with E-state index in [9.17, 15) is 28.8 Å². The standard InChI is InChI=1S/C46H41Cl5N8O6/c1-25(49)33-24-32(52-45(64)41(26(2)60)58-56-39-22-30(12-15-34(39)50)43(62)53-36-10-6-4-8-28(36)18-20-47)14-17-38(33)55-46(65)42(27(3)61)59-57-40-23-31(13-16-35(40)51)44(63)54-37-11-7-5-9-29(37)19-21-48/h4-17,22-25,41-42H,18-21H2,1-3H3,(H,52,64)(H,53,62)(H,54,63)(H,55,65). The number of Topliss-reactive ketones (excluding diaryl/α,β-unsaturated/α-hetero) is 2. The van der Waals surface area contributed by atoms with Crippen LogP contribution in [0.4, 0.5) is 34.1 Å². The number of nitrogens with one attached hydrogen (secondary N) is 4. The molecule has 4 N–H and O–H groups in total. The van der Waals surface area contributed by atoms with Crippen LogP contribution in [0.1, 0.15) is 63.6 Å². The first-order valence-corrected chi connectivity index (χ1v) is 22.1. The third-order valence-electron chi connectivity index (χ3n) is 9.51. The molecule has 0 saturated heterocycles. The van der Waals surface area contributed by atoms with Crippen molar-refractivity contribution in [3.63, 3.8) is 0 Å². The van der Waals surface area contributed by atoms with E-state index in [2.05, 4.69) is 41.7 Å². The minimum atomic E-state index is -1.63. The largest absolute Gasteiger partial charge is 0.324 e. The molecular weight excluding hydrogens is 938 g/mol. The van der Waals surface area contributed by atoms with Crippen LogP contribution in [-0.2, 0) is 32.0 Å². The quantitative estimate of drug-likeness (QED) is 0.0360. The van der Waals surface area contributed by atoms with Gasteiger partial charge in [0.2, 0.25) is 12.1 Å². The number of alkyl halides is 3. The van der Waals surface area contributed by atoms with Gasteiger partial charge in [-0.2, -0.15) is 20.5 Å². The molecule has 65 heavy (non-hydrogen) atoms. The van der Waals surface area contributed by atoms with Crippen LogP contribution < -0.4 is 21.3 Å². The van der Waals surface area contributed by atoms with E-state index < -0.39 is 52.7 Å². The number of carbonyl (C=O) groups is 6. The Morgan fingerprint density at radius 3 is 1.43 bits per heavy atom. The Morgan fingerprint density at radius 1 is 0.554 bits per heavy atom. The maximum atomic E-state index is 13.5. The highest BCUT2D eigenvalue weighted by Crippen LogP contribution is 2.33. The summed E-state index contributed by atoms with van der Waals surface area (Å²) in [6.45, 7) is 3.94. The summed E-state index contributed by atoms with van der Waals surface area (Å²) in [5.74, 6) is -3.19. The number of anilines is 4. The number of aryl methyl sites for hydroxylation is 2. The second kappa shape index (κ2) is 23.8. The van der Waals surface area contributed by atoms with Crippen molar-refractivity contribution < 1.29 is 28.8 Å². The van der Waals surface area contributed by atoms with Crippen molar-refractivity contribution in [3.05, 3.63) is 141 Å². The predicted molar refractivity (Wildman–Crippen MR) is 256 cm³/mol. The van der Waals surface area contributed by atoms with Gasteiger partial charge in [0, 0.05) is 45.6 Å². The Balaban J connectivity index is 1.28. The van der Waals surface area contributed by atoms with E-state index in [0.717, 1.165) is 25.0 Å². The number of ketones is 2. The summed E-state index contributed by atoms with van der Waals surface area (Å²) in [6.07, 6.45) is 1.08. The first-order valence-electron chi connectivity index (χ1n) is 19.8. The SMILES string of the molecule is CC(=O)C(N=Nc1cc(C(=O)Nc2ccccc2CCCl)ccc1Cl)C(=O)Nc1ccc(NC(=O)C(N=Nc2cc(C(=O)Nc3ccccc3CCCl)ccc2Cl)C(C)=O)c(C(C)Cl)c1. The summed E-state index contributed by atoms with van der Waals surface area (Å²) in [7, 11) is 0. The summed E-state index contributed by atoms with van der Waals surface area (Å²) < 4.78 is 0. The molecule has 336 valence electrons. The zero-order valence-corrected chi connectivity index (χ0v) is 38.8. The Hall–Kier alpha value is -6.03. The molecule has 0 fully saturated rings. The summed E-state index contributed by atoms with van der Waals surface area (Å²) in [5, 5.41) is 26.5. The van der Waals surface area contributed by atoms with Gasteiger partial charge in [-0.1, -0.05) is 59.6 Å². The van der Waals surface area contributed by atoms with Crippen molar-refractivity contribution in [1.29, 1.82) is 0 Å². The van der Waals surface area contributed by atoms with E-state index in [1.54, 1.807) is 31.2 Å². The van der Waals surface area contributed by atoms with Crippen LogP contribution in [0.5, 0.6) is 0 Å². The maximum Gasteiger partial charge on any atom is 0.258 e. The van der Waals surface area contributed by atoms with E-state index in [4.69, 9.17) is 58.0 Å². The molecule has 19 heteroatoms. The minimum Gasteiger partial charge on any atom is -0.324 e. The maximum absolute atomic E-state index is 13.5. The van der Waals surface area contributed by atoms with Crippen molar-refractivity contribution in [2.45, 2.75) is 51.1 Å². The lowest BCUT2D eigenvalue weighted by molar-refractivity contribution is -0.127. The molecule has 3 unspecified atom stereocenters. The molecule has 4 amide bonds. The molecule has 0 heterocycles. The normalized spacial score (nSPS) is 12.6. The fourth-order valence-electron chi connectivity index (χ4n) is 6.15. The first kappa shape index (κ1) is 50.0. The molecule has 0 aliphatic rings. The second-order valence-electron chi connectivity index (χ2n) is 14.3. The predicted octanol–water partition coefficient (Wildman–Crippen LogP) is 11.7. The Bertz CT molecular complexity index is 2680. The van der Waals surface area contributed by atoms with Gasteiger partial charge >= 0.3 is 0 Å². The van der Waals surface area contributed by atoms with Crippen LogP contribution in [0.3, 0.4) is 0 Å². The third kappa shape index (κ3) is 13.7. The monoisotopic (exact) mass is 976 g/mol. The van der Waals surface area contributed by atoms with Crippen LogP contribution in [0.2, 0.25) is 10.0 Å². The number of benzene rings is 5. The molecule has 0 aromatic heterocycles. The van der Waals surface area contributed by atoms with Gasteiger partial charge in [-0.05, 0) is 117 Å². The van der Waals surface area contributed by atoms with Gasteiger partial charge in [0.15, 0.2) is 11.6 Å². The first-order chi connectivity index (χ1) is 31.1. The van der Waals surface area contributed by atoms with E-state index in [1.807, 2.05) is 24.3 Å². The van der Waals surface area contributed by atoms with Gasteiger partial charge in [-0.3, -0.25) is 28.8 Å². The lowest BCUT2D eigenvalue weighted by atomic mass is 10.1. The Labute approximate surface area is 399 Å². The average Bonchev–Trinajstić information content (AvgIpc) is 3.26. The average molecular weight is 979 g/mol. The van der Waals surface area contributed by atoms with Gasteiger partial charge in [-0.15, -0.1) is 34.8 Å². The highest BCUT2D eigenvalue weighted by atomic mass is 35.5. The molecule has 5 rings (SSSR count). The van der Waals surface area contributed by atoms with Crippen LogP contribution >= 0.6 is 58.0 Å².